The van der Waals surface area contributed by atoms with Crippen molar-refractivity contribution < 1.29 is 15.0 Å². The van der Waals surface area contributed by atoms with Gasteiger partial charge in [0, 0.05) is 16.4 Å². The number of aromatic hydroxyl groups is 1. The molecule has 0 aliphatic heterocycles. The summed E-state index contributed by atoms with van der Waals surface area (Å²) in [5.41, 5.74) is 1.95. The first-order valence-corrected chi connectivity index (χ1v) is 17.1. The quantitative estimate of drug-likeness (QED) is 0.155. The van der Waals surface area contributed by atoms with E-state index in [4.69, 9.17) is 0 Å². The molecule has 1 aromatic rings. The number of thioether (sulfide) groups is 1. The largest absolute Gasteiger partial charge is 0.507 e. The number of hydrogen-bond acceptors (Lipinski definition) is 3. The maximum atomic E-state index is 12.3. The van der Waals surface area contributed by atoms with E-state index in [1.165, 1.54) is 96.3 Å². The first-order valence-electron chi connectivity index (χ1n) is 16.1. The summed E-state index contributed by atoms with van der Waals surface area (Å²) in [6.07, 6.45) is 21.9. The molecule has 1 rings (SSSR count). The lowest BCUT2D eigenvalue weighted by Crippen LogP contribution is -2.22. The average Bonchev–Trinajstić information content (AvgIpc) is 2.83. The van der Waals surface area contributed by atoms with Gasteiger partial charge in [-0.1, -0.05) is 145 Å². The Bertz CT molecular complexity index is 832. The van der Waals surface area contributed by atoms with E-state index in [-0.39, 0.29) is 21.8 Å². The predicted octanol–water partition coefficient (Wildman–Crippen LogP) is 11.7. The lowest BCUT2D eigenvalue weighted by molar-refractivity contribution is 0.0695. The number of phenols is 1. The number of carboxylic acids is 1. The molecule has 1 atom stereocenters. The minimum absolute atomic E-state index is 0.0154. The van der Waals surface area contributed by atoms with Crippen LogP contribution in [-0.4, -0.2) is 21.9 Å². The second-order valence-electron chi connectivity index (χ2n) is 13.7. The third-order valence-electron chi connectivity index (χ3n) is 7.90. The van der Waals surface area contributed by atoms with Gasteiger partial charge in [0.05, 0.1) is 5.56 Å². The van der Waals surface area contributed by atoms with E-state index in [0.29, 0.717) is 11.1 Å². The number of carboxylic acid groups (broad SMARTS) is 1. The summed E-state index contributed by atoms with van der Waals surface area (Å²) in [4.78, 5) is 12.3. The van der Waals surface area contributed by atoms with E-state index in [1.807, 2.05) is 32.5 Å². The zero-order chi connectivity index (χ0) is 29.5. The Kier molecular flexibility index (Phi) is 16.8. The van der Waals surface area contributed by atoms with E-state index >= 15 is 0 Å². The number of benzene rings is 1. The van der Waals surface area contributed by atoms with Gasteiger partial charge in [0.25, 0.3) is 0 Å². The van der Waals surface area contributed by atoms with Gasteiger partial charge in [-0.2, -0.15) is 11.8 Å². The first-order chi connectivity index (χ1) is 18.3. The van der Waals surface area contributed by atoms with Gasteiger partial charge in [-0.3, -0.25) is 0 Å². The van der Waals surface area contributed by atoms with E-state index < -0.39 is 5.97 Å². The molecule has 0 saturated heterocycles. The summed E-state index contributed by atoms with van der Waals surface area (Å²) in [6.45, 7) is 16.7. The fourth-order valence-corrected chi connectivity index (χ4v) is 6.75. The number of rotatable bonds is 20. The molecule has 0 heterocycles. The maximum absolute atomic E-state index is 12.3. The topological polar surface area (TPSA) is 57.5 Å². The van der Waals surface area contributed by atoms with Crippen molar-refractivity contribution >= 4 is 17.7 Å². The van der Waals surface area contributed by atoms with Gasteiger partial charge in [0.2, 0.25) is 0 Å². The second kappa shape index (κ2) is 18.3. The Balaban J connectivity index is 2.43. The number of phenolic OH excluding ortho intramolecular Hbond substituents is 1. The van der Waals surface area contributed by atoms with Gasteiger partial charge in [-0.25, -0.2) is 4.79 Å². The molecule has 0 spiro atoms. The van der Waals surface area contributed by atoms with Gasteiger partial charge in [0.15, 0.2) is 0 Å². The summed E-state index contributed by atoms with van der Waals surface area (Å²) < 4.78 is 0. The van der Waals surface area contributed by atoms with Crippen molar-refractivity contribution in [1.29, 1.82) is 0 Å². The van der Waals surface area contributed by atoms with Crippen LogP contribution in [0.25, 0.3) is 0 Å². The fourth-order valence-electron chi connectivity index (χ4n) is 5.61. The minimum atomic E-state index is -0.907. The van der Waals surface area contributed by atoms with Crippen molar-refractivity contribution in [3.8, 4) is 5.75 Å². The molecule has 0 aliphatic rings. The van der Waals surface area contributed by atoms with Crippen LogP contribution in [0.1, 0.15) is 190 Å². The normalized spacial score (nSPS) is 13.1. The van der Waals surface area contributed by atoms with Gasteiger partial charge in [-0.15, -0.1) is 0 Å². The first kappa shape index (κ1) is 35.9. The minimum Gasteiger partial charge on any atom is -0.507 e. The summed E-state index contributed by atoms with van der Waals surface area (Å²) in [7, 11) is 0. The van der Waals surface area contributed by atoms with Crippen molar-refractivity contribution in [3.05, 3.63) is 28.3 Å². The smallest absolute Gasteiger partial charge is 0.336 e. The predicted molar refractivity (Wildman–Crippen MR) is 173 cm³/mol. The molecule has 0 amide bonds. The number of hydrogen-bond donors (Lipinski definition) is 2. The molecular weight excluding hydrogens is 500 g/mol. The second-order valence-corrected chi connectivity index (χ2v) is 15.2. The Hall–Kier alpha value is -1.16. The molecule has 0 bridgehead atoms. The third kappa shape index (κ3) is 13.4. The molecule has 1 unspecified atom stereocenters. The molecule has 226 valence electrons. The van der Waals surface area contributed by atoms with Crippen LogP contribution in [0, 0.1) is 0 Å². The zero-order valence-corrected chi connectivity index (χ0v) is 27.7. The molecule has 1 aromatic carbocycles. The number of unbranched alkanes of at least 4 members (excludes halogenated alkanes) is 15. The molecule has 39 heavy (non-hydrogen) atoms. The van der Waals surface area contributed by atoms with Crippen LogP contribution in [0.15, 0.2) is 6.07 Å². The van der Waals surface area contributed by atoms with Crippen molar-refractivity contribution in [1.82, 2.24) is 0 Å². The summed E-state index contributed by atoms with van der Waals surface area (Å²) in [6, 6.07) is 1.72. The van der Waals surface area contributed by atoms with Crippen LogP contribution in [-0.2, 0) is 10.8 Å². The molecule has 0 aliphatic carbocycles. The lowest BCUT2D eigenvalue weighted by atomic mass is 9.75. The SMILES string of the molecule is CCCCCCCCCCCCCCCCCCSC(C)c1c(C(=O)O)cc(C(C)(C)C)c(O)c1C(C)(C)C. The molecule has 0 fully saturated rings. The van der Waals surface area contributed by atoms with E-state index in [1.54, 1.807) is 6.07 Å². The van der Waals surface area contributed by atoms with E-state index in [0.717, 1.165) is 23.3 Å². The Morgan fingerprint density at radius 3 is 1.51 bits per heavy atom. The standard InChI is InChI=1S/C35H62O3S/c1-9-10-11-12-13-14-15-16-17-18-19-20-21-22-23-24-25-39-27(2)30-28(33(37)38)26-29(34(3,4)5)32(36)31(30)35(6,7)8/h26-27,36H,9-25H2,1-8H3,(H,37,38). The van der Waals surface area contributed by atoms with Crippen LogP contribution in [0.3, 0.4) is 0 Å². The van der Waals surface area contributed by atoms with Crippen molar-refractivity contribution in [2.24, 2.45) is 0 Å². The summed E-state index contributed by atoms with van der Waals surface area (Å²) in [5.74, 6) is 0.380. The Morgan fingerprint density at radius 1 is 0.744 bits per heavy atom. The van der Waals surface area contributed by atoms with Gasteiger partial charge >= 0.3 is 5.97 Å². The number of aromatic carboxylic acids is 1. The van der Waals surface area contributed by atoms with Gasteiger partial charge in [-0.05, 0) is 41.6 Å². The fraction of sp³-hybridized carbons (Fsp3) is 0.800. The highest BCUT2D eigenvalue weighted by Crippen LogP contribution is 2.47. The molecule has 0 radical (unpaired) electrons. The Labute approximate surface area is 246 Å². The highest BCUT2D eigenvalue weighted by molar-refractivity contribution is 7.99. The zero-order valence-electron chi connectivity index (χ0n) is 26.9. The average molecular weight is 563 g/mol. The lowest BCUT2D eigenvalue weighted by Gasteiger charge is -2.32. The van der Waals surface area contributed by atoms with Crippen LogP contribution >= 0.6 is 11.8 Å². The molecule has 0 saturated carbocycles. The summed E-state index contributed by atoms with van der Waals surface area (Å²) >= 11 is 1.83. The van der Waals surface area contributed by atoms with Crippen LogP contribution in [0.4, 0.5) is 0 Å². The maximum Gasteiger partial charge on any atom is 0.336 e. The molecule has 3 nitrogen and oxygen atoms in total. The highest BCUT2D eigenvalue weighted by Gasteiger charge is 2.33. The molecular formula is C35H62O3S. The molecule has 2 N–H and O–H groups in total. The highest BCUT2D eigenvalue weighted by atomic mass is 32.2. The van der Waals surface area contributed by atoms with Gasteiger partial charge < -0.3 is 10.2 Å². The van der Waals surface area contributed by atoms with E-state index in [2.05, 4.69) is 34.6 Å². The van der Waals surface area contributed by atoms with E-state index in [9.17, 15) is 15.0 Å². The summed E-state index contributed by atoms with van der Waals surface area (Å²) in [5, 5.41) is 21.4. The van der Waals surface area contributed by atoms with Crippen LogP contribution in [0.2, 0.25) is 0 Å². The molecule has 0 aromatic heterocycles. The van der Waals surface area contributed by atoms with Crippen LogP contribution in [0.5, 0.6) is 5.75 Å². The van der Waals surface area contributed by atoms with Crippen LogP contribution < -0.4 is 0 Å². The molecule has 4 heteroatoms. The number of carbonyl (C=O) groups is 1. The van der Waals surface area contributed by atoms with Crippen molar-refractivity contribution in [2.75, 3.05) is 5.75 Å². The third-order valence-corrected chi connectivity index (χ3v) is 9.16. The Morgan fingerprint density at radius 2 is 1.15 bits per heavy atom. The van der Waals surface area contributed by atoms with Crippen molar-refractivity contribution in [3.63, 3.8) is 0 Å². The van der Waals surface area contributed by atoms with Gasteiger partial charge in [0.1, 0.15) is 5.75 Å². The monoisotopic (exact) mass is 562 g/mol. The van der Waals surface area contributed by atoms with Crippen molar-refractivity contribution in [2.45, 2.75) is 174 Å².